The van der Waals surface area contributed by atoms with E-state index in [0.717, 1.165) is 11.1 Å². The van der Waals surface area contributed by atoms with Gasteiger partial charge in [0.05, 0.1) is 24.6 Å². The van der Waals surface area contributed by atoms with Crippen molar-refractivity contribution in [3.05, 3.63) is 66.0 Å². The minimum atomic E-state index is -0.280. The number of rotatable bonds is 5. The Balaban J connectivity index is 1.59. The molecule has 0 unspecified atom stereocenters. The van der Waals surface area contributed by atoms with Gasteiger partial charge in [-0.25, -0.2) is 4.39 Å². The number of aromatic nitrogens is 4. The summed E-state index contributed by atoms with van der Waals surface area (Å²) in [6.07, 6.45) is 6.76. The maximum Gasteiger partial charge on any atom is 0.246 e. The van der Waals surface area contributed by atoms with E-state index in [1.807, 2.05) is 13.0 Å². The number of carbonyl (C=O) groups excluding carboxylic acids is 1. The van der Waals surface area contributed by atoms with Crippen LogP contribution in [0.3, 0.4) is 0 Å². The lowest BCUT2D eigenvalue weighted by atomic mass is 10.2. The predicted molar refractivity (Wildman–Crippen MR) is 83.3 cm³/mol. The van der Waals surface area contributed by atoms with Crippen molar-refractivity contribution < 1.29 is 9.18 Å². The Bertz CT molecular complexity index is 823. The van der Waals surface area contributed by atoms with Gasteiger partial charge in [0.15, 0.2) is 0 Å². The Labute approximate surface area is 132 Å². The fraction of sp³-hybridized carbons (Fsp3) is 0.188. The van der Waals surface area contributed by atoms with E-state index in [1.54, 1.807) is 40.2 Å². The van der Waals surface area contributed by atoms with E-state index < -0.39 is 0 Å². The van der Waals surface area contributed by atoms with Crippen molar-refractivity contribution in [2.45, 2.75) is 20.0 Å². The standard InChI is InChI=1S/C16H16FN5O/c1-12-6-18-21(8-12)11-16(23)20-15-7-19-22(10-15)9-13-3-2-4-14(17)5-13/h2-8,10H,9,11H2,1H3,(H,20,23). The van der Waals surface area contributed by atoms with Gasteiger partial charge in [0.1, 0.15) is 12.4 Å². The number of amides is 1. The summed E-state index contributed by atoms with van der Waals surface area (Å²) < 4.78 is 16.4. The van der Waals surface area contributed by atoms with Gasteiger partial charge in [-0.3, -0.25) is 14.2 Å². The van der Waals surface area contributed by atoms with Crippen LogP contribution in [0.15, 0.2) is 49.1 Å². The SMILES string of the molecule is Cc1cnn(CC(=O)Nc2cnn(Cc3cccc(F)c3)c2)c1. The molecule has 1 amide bonds. The van der Waals surface area contributed by atoms with Gasteiger partial charge < -0.3 is 5.32 Å². The Morgan fingerprint density at radius 2 is 2.04 bits per heavy atom. The van der Waals surface area contributed by atoms with E-state index in [4.69, 9.17) is 0 Å². The molecule has 0 aliphatic carbocycles. The third-order valence-electron chi connectivity index (χ3n) is 3.22. The molecule has 0 saturated heterocycles. The van der Waals surface area contributed by atoms with Gasteiger partial charge in [0.2, 0.25) is 5.91 Å². The maximum absolute atomic E-state index is 13.2. The fourth-order valence-electron chi connectivity index (χ4n) is 2.24. The van der Waals surface area contributed by atoms with Crippen LogP contribution in [0.1, 0.15) is 11.1 Å². The third-order valence-corrected chi connectivity index (χ3v) is 3.22. The van der Waals surface area contributed by atoms with Crippen molar-refractivity contribution in [1.82, 2.24) is 19.6 Å². The van der Waals surface area contributed by atoms with Gasteiger partial charge in [0, 0.05) is 12.4 Å². The van der Waals surface area contributed by atoms with Gasteiger partial charge >= 0.3 is 0 Å². The number of nitrogens with zero attached hydrogens (tertiary/aromatic N) is 4. The first-order valence-corrected chi connectivity index (χ1v) is 7.14. The molecule has 1 aromatic carbocycles. The molecule has 3 aromatic rings. The van der Waals surface area contributed by atoms with Crippen LogP contribution in [0.25, 0.3) is 0 Å². The van der Waals surface area contributed by atoms with Crippen LogP contribution in [-0.4, -0.2) is 25.5 Å². The van der Waals surface area contributed by atoms with Crippen LogP contribution in [0.4, 0.5) is 10.1 Å². The molecule has 0 aliphatic heterocycles. The highest BCUT2D eigenvalue weighted by atomic mass is 19.1. The molecule has 23 heavy (non-hydrogen) atoms. The highest BCUT2D eigenvalue weighted by Gasteiger charge is 2.07. The Morgan fingerprint density at radius 3 is 2.78 bits per heavy atom. The molecule has 1 N–H and O–H groups in total. The average molecular weight is 313 g/mol. The van der Waals surface area contributed by atoms with E-state index in [-0.39, 0.29) is 18.3 Å². The number of carbonyl (C=O) groups is 1. The summed E-state index contributed by atoms with van der Waals surface area (Å²) in [7, 11) is 0. The molecule has 3 rings (SSSR count). The van der Waals surface area contributed by atoms with Crippen LogP contribution in [-0.2, 0) is 17.9 Å². The fourth-order valence-corrected chi connectivity index (χ4v) is 2.24. The van der Waals surface area contributed by atoms with Crippen LogP contribution >= 0.6 is 0 Å². The van der Waals surface area contributed by atoms with Crippen molar-refractivity contribution in [3.8, 4) is 0 Å². The molecular weight excluding hydrogens is 297 g/mol. The first-order chi connectivity index (χ1) is 11.1. The normalized spacial score (nSPS) is 10.7. The van der Waals surface area contributed by atoms with Crippen molar-refractivity contribution in [3.63, 3.8) is 0 Å². The van der Waals surface area contributed by atoms with Gasteiger partial charge in [-0.1, -0.05) is 12.1 Å². The largest absolute Gasteiger partial charge is 0.322 e. The number of halogens is 1. The quantitative estimate of drug-likeness (QED) is 0.785. The minimum absolute atomic E-state index is 0.142. The number of aryl methyl sites for hydroxylation is 1. The highest BCUT2D eigenvalue weighted by Crippen LogP contribution is 2.09. The van der Waals surface area contributed by atoms with Crippen LogP contribution in [0.2, 0.25) is 0 Å². The second kappa shape index (κ2) is 6.43. The minimum Gasteiger partial charge on any atom is -0.322 e. The van der Waals surface area contributed by atoms with Gasteiger partial charge in [0.25, 0.3) is 0 Å². The van der Waals surface area contributed by atoms with Crippen molar-refractivity contribution in [1.29, 1.82) is 0 Å². The number of anilines is 1. The molecule has 2 heterocycles. The lowest BCUT2D eigenvalue weighted by molar-refractivity contribution is -0.116. The first-order valence-electron chi connectivity index (χ1n) is 7.14. The molecular formula is C16H16FN5O. The summed E-state index contributed by atoms with van der Waals surface area (Å²) >= 11 is 0. The molecule has 0 radical (unpaired) electrons. The summed E-state index contributed by atoms with van der Waals surface area (Å²) in [6, 6.07) is 6.33. The molecule has 0 bridgehead atoms. The Morgan fingerprint density at radius 1 is 1.22 bits per heavy atom. The van der Waals surface area contributed by atoms with Crippen LogP contribution in [0, 0.1) is 12.7 Å². The Kier molecular flexibility index (Phi) is 4.18. The lowest BCUT2D eigenvalue weighted by Gasteiger charge is -2.03. The number of benzene rings is 1. The summed E-state index contributed by atoms with van der Waals surface area (Å²) in [4.78, 5) is 11.9. The monoisotopic (exact) mass is 313 g/mol. The summed E-state index contributed by atoms with van der Waals surface area (Å²) in [5.74, 6) is -0.462. The highest BCUT2D eigenvalue weighted by molar-refractivity contribution is 5.90. The number of hydrogen-bond acceptors (Lipinski definition) is 3. The molecule has 118 valence electrons. The zero-order valence-corrected chi connectivity index (χ0v) is 12.6. The van der Waals surface area contributed by atoms with Gasteiger partial charge in [-0.2, -0.15) is 10.2 Å². The summed E-state index contributed by atoms with van der Waals surface area (Å²) in [5, 5.41) is 11.0. The second-order valence-corrected chi connectivity index (χ2v) is 5.32. The van der Waals surface area contributed by atoms with Crippen LogP contribution < -0.4 is 5.32 Å². The molecule has 6 nitrogen and oxygen atoms in total. The van der Waals surface area contributed by atoms with Crippen molar-refractivity contribution >= 4 is 11.6 Å². The van der Waals surface area contributed by atoms with Crippen molar-refractivity contribution in [2.75, 3.05) is 5.32 Å². The summed E-state index contributed by atoms with van der Waals surface area (Å²) in [6.45, 7) is 2.49. The summed E-state index contributed by atoms with van der Waals surface area (Å²) in [5.41, 5.74) is 2.40. The molecule has 0 aliphatic rings. The Hall–Kier alpha value is -2.96. The topological polar surface area (TPSA) is 64.7 Å². The molecule has 0 saturated carbocycles. The molecule has 0 atom stereocenters. The van der Waals surface area contributed by atoms with E-state index in [9.17, 15) is 9.18 Å². The van der Waals surface area contributed by atoms with E-state index in [2.05, 4.69) is 15.5 Å². The average Bonchev–Trinajstić information content (AvgIpc) is 3.08. The smallest absolute Gasteiger partial charge is 0.246 e. The van der Waals surface area contributed by atoms with Gasteiger partial charge in [-0.05, 0) is 30.2 Å². The predicted octanol–water partition coefficient (Wildman–Crippen LogP) is 2.21. The van der Waals surface area contributed by atoms with E-state index in [0.29, 0.717) is 12.2 Å². The maximum atomic E-state index is 13.2. The molecule has 0 fully saturated rings. The molecule has 2 aromatic heterocycles. The zero-order chi connectivity index (χ0) is 16.2. The van der Waals surface area contributed by atoms with Crippen molar-refractivity contribution in [2.24, 2.45) is 0 Å². The number of nitrogens with one attached hydrogen (secondary N) is 1. The lowest BCUT2D eigenvalue weighted by Crippen LogP contribution is -2.18. The molecule has 0 spiro atoms. The van der Waals surface area contributed by atoms with Crippen LogP contribution in [0.5, 0.6) is 0 Å². The van der Waals surface area contributed by atoms with Gasteiger partial charge in [-0.15, -0.1) is 0 Å². The van der Waals surface area contributed by atoms with E-state index in [1.165, 1.54) is 12.1 Å². The van der Waals surface area contributed by atoms with E-state index >= 15 is 0 Å². The molecule has 7 heteroatoms. The number of hydrogen-bond donors (Lipinski definition) is 1. The third kappa shape index (κ3) is 4.03. The second-order valence-electron chi connectivity index (χ2n) is 5.32. The zero-order valence-electron chi connectivity index (χ0n) is 12.6. The first kappa shape index (κ1) is 15.0.